The van der Waals surface area contributed by atoms with Crippen LogP contribution < -0.4 is 15.2 Å². The van der Waals surface area contributed by atoms with E-state index in [0.29, 0.717) is 18.0 Å². The van der Waals surface area contributed by atoms with E-state index in [9.17, 15) is 4.79 Å². The highest BCUT2D eigenvalue weighted by atomic mass is 79.9. The van der Waals surface area contributed by atoms with Crippen molar-refractivity contribution >= 4 is 21.8 Å². The summed E-state index contributed by atoms with van der Waals surface area (Å²) in [7, 11) is 3.19. The van der Waals surface area contributed by atoms with Crippen LogP contribution in [-0.4, -0.2) is 31.1 Å². The molecule has 0 saturated carbocycles. The number of carbonyl (C=O) groups excluding carboxylic acids is 1. The number of β-lactam (4-membered cyclic amide) rings is 1. The molecule has 1 fully saturated rings. The molecule has 24 heavy (non-hydrogen) atoms. The molecule has 5 nitrogen and oxygen atoms in total. The lowest BCUT2D eigenvalue weighted by molar-refractivity contribution is -0.150. The van der Waals surface area contributed by atoms with Crippen LogP contribution in [0.5, 0.6) is 11.5 Å². The van der Waals surface area contributed by atoms with E-state index < -0.39 is 6.04 Å². The van der Waals surface area contributed by atoms with Crippen molar-refractivity contribution in [1.82, 2.24) is 4.90 Å². The molecule has 2 N–H and O–H groups in total. The first-order chi connectivity index (χ1) is 11.5. The second kappa shape index (κ2) is 6.83. The van der Waals surface area contributed by atoms with Gasteiger partial charge in [-0.1, -0.05) is 34.1 Å². The summed E-state index contributed by atoms with van der Waals surface area (Å²) >= 11 is 3.42. The highest BCUT2D eigenvalue weighted by Gasteiger charge is 2.45. The Hall–Kier alpha value is -2.05. The Morgan fingerprint density at radius 1 is 1.08 bits per heavy atom. The number of halogens is 1. The first-order valence-electron chi connectivity index (χ1n) is 7.57. The van der Waals surface area contributed by atoms with E-state index in [4.69, 9.17) is 15.2 Å². The molecule has 0 spiro atoms. The minimum absolute atomic E-state index is 0.0438. The molecule has 126 valence electrons. The number of benzene rings is 2. The maximum absolute atomic E-state index is 12.2. The molecule has 1 heterocycles. The average molecular weight is 391 g/mol. The van der Waals surface area contributed by atoms with Gasteiger partial charge in [0.15, 0.2) is 11.5 Å². The molecule has 1 aliphatic rings. The van der Waals surface area contributed by atoms with Crippen LogP contribution in [0.25, 0.3) is 0 Å². The largest absolute Gasteiger partial charge is 0.493 e. The Bertz CT molecular complexity index is 748. The van der Waals surface area contributed by atoms with E-state index >= 15 is 0 Å². The molecule has 0 aromatic heterocycles. The standard InChI is InChI=1S/C18H19BrN2O3/c1-23-14-8-3-11(9-15(14)24-2)10-21-17(16(20)18(21)22)12-4-6-13(19)7-5-12/h3-9,16-17H,10,20H2,1-2H3/t16-,17+/m1/s1. The van der Waals surface area contributed by atoms with Gasteiger partial charge in [-0.25, -0.2) is 0 Å². The van der Waals surface area contributed by atoms with Crippen LogP contribution in [0.4, 0.5) is 0 Å². The van der Waals surface area contributed by atoms with Crippen molar-refractivity contribution in [2.45, 2.75) is 18.6 Å². The third-order valence-corrected chi connectivity index (χ3v) is 4.79. The highest BCUT2D eigenvalue weighted by Crippen LogP contribution is 2.36. The number of nitrogens with two attached hydrogens (primary N) is 1. The van der Waals surface area contributed by atoms with Crippen molar-refractivity contribution in [3.63, 3.8) is 0 Å². The van der Waals surface area contributed by atoms with E-state index in [-0.39, 0.29) is 11.9 Å². The molecule has 1 saturated heterocycles. The molecule has 2 atom stereocenters. The third kappa shape index (κ3) is 2.99. The normalized spacial score (nSPS) is 19.8. The van der Waals surface area contributed by atoms with Gasteiger partial charge in [-0.15, -0.1) is 0 Å². The van der Waals surface area contributed by atoms with Gasteiger partial charge in [-0.2, -0.15) is 0 Å². The van der Waals surface area contributed by atoms with Crippen molar-refractivity contribution in [1.29, 1.82) is 0 Å². The fourth-order valence-corrected chi connectivity index (χ4v) is 3.24. The molecular weight excluding hydrogens is 372 g/mol. The van der Waals surface area contributed by atoms with Crippen LogP contribution in [0.15, 0.2) is 46.9 Å². The molecule has 3 rings (SSSR count). The first-order valence-corrected chi connectivity index (χ1v) is 8.37. The molecule has 1 aliphatic heterocycles. The minimum atomic E-state index is -0.494. The average Bonchev–Trinajstić information content (AvgIpc) is 2.62. The summed E-state index contributed by atoms with van der Waals surface area (Å²) in [6, 6.07) is 12.9. The van der Waals surface area contributed by atoms with Gasteiger partial charge < -0.3 is 20.1 Å². The Morgan fingerprint density at radius 2 is 1.75 bits per heavy atom. The van der Waals surface area contributed by atoms with Gasteiger partial charge in [0.2, 0.25) is 5.91 Å². The van der Waals surface area contributed by atoms with Crippen molar-refractivity contribution in [3.8, 4) is 11.5 Å². The summed E-state index contributed by atoms with van der Waals surface area (Å²) in [6.07, 6.45) is 0. The Morgan fingerprint density at radius 3 is 2.38 bits per heavy atom. The topological polar surface area (TPSA) is 64.8 Å². The van der Waals surface area contributed by atoms with E-state index in [1.54, 1.807) is 19.1 Å². The summed E-state index contributed by atoms with van der Waals surface area (Å²) < 4.78 is 11.6. The molecule has 2 aromatic rings. The number of carbonyl (C=O) groups is 1. The fraction of sp³-hybridized carbons (Fsp3) is 0.278. The summed E-state index contributed by atoms with van der Waals surface area (Å²) in [6.45, 7) is 0.480. The van der Waals surface area contributed by atoms with Gasteiger partial charge in [0.05, 0.1) is 20.3 Å². The van der Waals surface area contributed by atoms with E-state index in [0.717, 1.165) is 15.6 Å². The highest BCUT2D eigenvalue weighted by molar-refractivity contribution is 9.10. The zero-order valence-corrected chi connectivity index (χ0v) is 15.1. The van der Waals surface area contributed by atoms with E-state index in [2.05, 4.69) is 15.9 Å². The van der Waals surface area contributed by atoms with Gasteiger partial charge in [0.25, 0.3) is 0 Å². The van der Waals surface area contributed by atoms with Crippen molar-refractivity contribution < 1.29 is 14.3 Å². The number of methoxy groups -OCH3 is 2. The second-order valence-electron chi connectivity index (χ2n) is 5.68. The third-order valence-electron chi connectivity index (χ3n) is 4.26. The van der Waals surface area contributed by atoms with Crippen LogP contribution in [0.2, 0.25) is 0 Å². The molecule has 0 aliphatic carbocycles. The Kier molecular flexibility index (Phi) is 4.78. The number of likely N-dealkylation sites (tertiary alicyclic amines) is 1. The second-order valence-corrected chi connectivity index (χ2v) is 6.59. The predicted molar refractivity (Wildman–Crippen MR) is 95.0 cm³/mol. The number of amides is 1. The fourth-order valence-electron chi connectivity index (χ4n) is 2.97. The lowest BCUT2D eigenvalue weighted by Gasteiger charge is -2.45. The first kappa shape index (κ1) is 16.8. The zero-order valence-electron chi connectivity index (χ0n) is 13.5. The Labute approximate surface area is 149 Å². The van der Waals surface area contributed by atoms with Gasteiger partial charge in [-0.05, 0) is 35.4 Å². The molecule has 0 bridgehead atoms. The SMILES string of the molecule is COc1ccc(CN2C(=O)[C@H](N)[C@@H]2c2ccc(Br)cc2)cc1OC. The summed E-state index contributed by atoms with van der Waals surface area (Å²) in [5.74, 6) is 1.27. The number of hydrogen-bond acceptors (Lipinski definition) is 4. The smallest absolute Gasteiger partial charge is 0.242 e. The number of nitrogens with zero attached hydrogens (tertiary/aromatic N) is 1. The maximum atomic E-state index is 12.2. The quantitative estimate of drug-likeness (QED) is 0.797. The predicted octanol–water partition coefficient (Wildman–Crippen LogP) is 2.88. The van der Waals surface area contributed by atoms with Gasteiger partial charge in [0.1, 0.15) is 6.04 Å². The molecule has 6 heteroatoms. The van der Waals surface area contributed by atoms with E-state index in [1.807, 2.05) is 42.5 Å². The molecule has 0 radical (unpaired) electrons. The molecule has 1 amide bonds. The van der Waals surface area contributed by atoms with Crippen molar-refractivity contribution in [2.24, 2.45) is 5.73 Å². The number of ether oxygens (including phenoxy) is 2. The number of rotatable bonds is 5. The summed E-state index contributed by atoms with van der Waals surface area (Å²) in [4.78, 5) is 14.0. The van der Waals surface area contributed by atoms with Gasteiger partial charge in [0, 0.05) is 11.0 Å². The van der Waals surface area contributed by atoms with Crippen LogP contribution in [-0.2, 0) is 11.3 Å². The monoisotopic (exact) mass is 390 g/mol. The van der Waals surface area contributed by atoms with Crippen LogP contribution in [0.3, 0.4) is 0 Å². The summed E-state index contributed by atoms with van der Waals surface area (Å²) in [5, 5.41) is 0. The zero-order chi connectivity index (χ0) is 17.3. The molecular formula is C18H19BrN2O3. The lowest BCUT2D eigenvalue weighted by Crippen LogP contribution is -2.62. The van der Waals surface area contributed by atoms with Crippen molar-refractivity contribution in [3.05, 3.63) is 58.1 Å². The molecule has 2 aromatic carbocycles. The number of hydrogen-bond donors (Lipinski definition) is 1. The lowest BCUT2D eigenvalue weighted by atomic mass is 9.88. The van der Waals surface area contributed by atoms with Crippen LogP contribution >= 0.6 is 15.9 Å². The minimum Gasteiger partial charge on any atom is -0.493 e. The summed E-state index contributed by atoms with van der Waals surface area (Å²) in [5.41, 5.74) is 8.04. The Balaban J connectivity index is 1.83. The molecule has 0 unspecified atom stereocenters. The van der Waals surface area contributed by atoms with E-state index in [1.165, 1.54) is 0 Å². The van der Waals surface area contributed by atoms with Crippen LogP contribution in [0.1, 0.15) is 17.2 Å². The van der Waals surface area contributed by atoms with Crippen molar-refractivity contribution in [2.75, 3.05) is 14.2 Å². The van der Waals surface area contributed by atoms with Crippen LogP contribution in [0, 0.1) is 0 Å². The van der Waals surface area contributed by atoms with Gasteiger partial charge in [-0.3, -0.25) is 4.79 Å². The van der Waals surface area contributed by atoms with Gasteiger partial charge >= 0.3 is 0 Å². The maximum Gasteiger partial charge on any atom is 0.242 e.